The number of para-hydroxylation sites is 1. The molecule has 0 spiro atoms. The fourth-order valence-corrected chi connectivity index (χ4v) is 5.15. The van der Waals surface area contributed by atoms with E-state index in [-0.39, 0.29) is 16.2 Å². The number of ether oxygens (including phenoxy) is 1. The van der Waals surface area contributed by atoms with Crippen molar-refractivity contribution in [3.8, 4) is 17.0 Å². The van der Waals surface area contributed by atoms with Gasteiger partial charge >= 0.3 is 0 Å². The number of nitrogens with zero attached hydrogens (tertiary/aromatic N) is 1. The third-order valence-electron chi connectivity index (χ3n) is 5.41. The zero-order valence-electron chi connectivity index (χ0n) is 16.9. The molecule has 0 fully saturated rings. The lowest BCUT2D eigenvalue weighted by Crippen LogP contribution is -2.21. The number of sulfonamides is 1. The van der Waals surface area contributed by atoms with E-state index in [4.69, 9.17) is 4.74 Å². The Morgan fingerprint density at radius 2 is 1.80 bits per heavy atom. The second-order valence-electron chi connectivity index (χ2n) is 7.35. The molecule has 7 nitrogen and oxygen atoms in total. The van der Waals surface area contributed by atoms with Gasteiger partial charge in [0.25, 0.3) is 15.6 Å². The molecule has 2 N–H and O–H groups in total. The topological polar surface area (TPSA) is 101 Å². The highest BCUT2D eigenvalue weighted by molar-refractivity contribution is 7.92. The van der Waals surface area contributed by atoms with Crippen LogP contribution in [0.5, 0.6) is 5.75 Å². The second-order valence-corrected chi connectivity index (χ2v) is 9.00. The fourth-order valence-electron chi connectivity index (χ4n) is 3.82. The zero-order valence-corrected chi connectivity index (χ0v) is 17.7. The molecule has 0 saturated heterocycles. The lowest BCUT2D eigenvalue weighted by atomic mass is 9.90. The summed E-state index contributed by atoms with van der Waals surface area (Å²) in [5, 5.41) is 6.80. The van der Waals surface area contributed by atoms with Gasteiger partial charge in [-0.3, -0.25) is 9.52 Å². The van der Waals surface area contributed by atoms with E-state index < -0.39 is 10.0 Å². The summed E-state index contributed by atoms with van der Waals surface area (Å²) in [6.45, 7) is 1.84. The van der Waals surface area contributed by atoms with Gasteiger partial charge in [0.05, 0.1) is 18.5 Å². The van der Waals surface area contributed by atoms with E-state index in [0.29, 0.717) is 23.4 Å². The van der Waals surface area contributed by atoms with Gasteiger partial charge in [-0.1, -0.05) is 18.2 Å². The first-order valence-electron chi connectivity index (χ1n) is 9.78. The summed E-state index contributed by atoms with van der Waals surface area (Å²) in [4.78, 5) is 12.2. The summed E-state index contributed by atoms with van der Waals surface area (Å²) in [7, 11) is -2.48. The number of aryl methyl sites for hydroxylation is 1. The quantitative estimate of drug-likeness (QED) is 0.652. The van der Waals surface area contributed by atoms with Gasteiger partial charge < -0.3 is 4.74 Å². The highest BCUT2D eigenvalue weighted by Crippen LogP contribution is 2.33. The van der Waals surface area contributed by atoms with Crippen LogP contribution >= 0.6 is 0 Å². The minimum Gasteiger partial charge on any atom is -0.495 e. The van der Waals surface area contributed by atoms with Crippen LogP contribution in [-0.4, -0.2) is 25.7 Å². The first-order chi connectivity index (χ1) is 14.4. The largest absolute Gasteiger partial charge is 0.495 e. The Morgan fingerprint density at radius 1 is 1.07 bits per heavy atom. The van der Waals surface area contributed by atoms with Crippen molar-refractivity contribution in [3.63, 3.8) is 0 Å². The monoisotopic (exact) mass is 425 g/mol. The predicted molar refractivity (Wildman–Crippen MR) is 115 cm³/mol. The molecule has 30 heavy (non-hydrogen) atoms. The van der Waals surface area contributed by atoms with Crippen LogP contribution in [0.4, 0.5) is 5.69 Å². The number of nitrogens with one attached hydrogen (secondary N) is 2. The molecule has 0 aliphatic heterocycles. The first-order valence-corrected chi connectivity index (χ1v) is 11.3. The number of methoxy groups -OCH3 is 1. The Bertz CT molecular complexity index is 1270. The first kappa shape index (κ1) is 20.2. The van der Waals surface area contributed by atoms with Gasteiger partial charge in [-0.25, -0.2) is 13.5 Å². The molecule has 1 aliphatic carbocycles. The van der Waals surface area contributed by atoms with Crippen LogP contribution in [0.1, 0.15) is 29.5 Å². The molecule has 1 aliphatic rings. The predicted octanol–water partition coefficient (Wildman–Crippen LogP) is 3.43. The lowest BCUT2D eigenvalue weighted by molar-refractivity contribution is 0.403. The third-order valence-corrected chi connectivity index (χ3v) is 6.80. The van der Waals surface area contributed by atoms with Gasteiger partial charge in [0.1, 0.15) is 10.6 Å². The molecule has 0 atom stereocenters. The van der Waals surface area contributed by atoms with Crippen LogP contribution in [0.25, 0.3) is 11.3 Å². The van der Waals surface area contributed by atoms with Gasteiger partial charge in [-0.15, -0.1) is 0 Å². The molecule has 4 rings (SSSR count). The standard InChI is InChI=1S/C22H23N3O4S/c1-14-7-3-6-10-18(14)25-30(27,28)20-13-15(11-12-19(20)29-2)21-16-8-4-5-9-17(16)22(26)24-23-21/h3,6-7,10-13,25H,4-5,8-9H2,1-2H3,(H,24,26). The van der Waals surface area contributed by atoms with E-state index in [9.17, 15) is 13.2 Å². The molecular formula is C22H23N3O4S. The van der Waals surface area contributed by atoms with Crippen molar-refractivity contribution >= 4 is 15.7 Å². The third kappa shape index (κ3) is 3.70. The zero-order chi connectivity index (χ0) is 21.3. The summed E-state index contributed by atoms with van der Waals surface area (Å²) in [5.74, 6) is 0.234. The van der Waals surface area contributed by atoms with E-state index in [2.05, 4.69) is 14.9 Å². The number of benzene rings is 2. The molecule has 0 bridgehead atoms. The number of rotatable bonds is 5. The summed E-state index contributed by atoms with van der Waals surface area (Å²) < 4.78 is 34.3. The highest BCUT2D eigenvalue weighted by Gasteiger charge is 2.24. The van der Waals surface area contributed by atoms with E-state index in [1.54, 1.807) is 30.3 Å². The van der Waals surface area contributed by atoms with Crippen LogP contribution in [-0.2, 0) is 22.9 Å². The van der Waals surface area contributed by atoms with Crippen molar-refractivity contribution < 1.29 is 13.2 Å². The van der Waals surface area contributed by atoms with Gasteiger partial charge in [0, 0.05) is 11.1 Å². The molecule has 8 heteroatoms. The van der Waals surface area contributed by atoms with Gasteiger partial charge in [0.2, 0.25) is 0 Å². The maximum absolute atomic E-state index is 13.2. The number of hydrogen-bond donors (Lipinski definition) is 2. The molecule has 0 amide bonds. The smallest absolute Gasteiger partial charge is 0.267 e. The average molecular weight is 426 g/mol. The number of H-pyrrole nitrogens is 1. The lowest BCUT2D eigenvalue weighted by Gasteiger charge is -2.18. The Balaban J connectivity index is 1.82. The fraction of sp³-hybridized carbons (Fsp3) is 0.273. The van der Waals surface area contributed by atoms with E-state index in [0.717, 1.165) is 36.0 Å². The summed E-state index contributed by atoms with van der Waals surface area (Å²) in [6.07, 6.45) is 3.39. The highest BCUT2D eigenvalue weighted by atomic mass is 32.2. The maximum Gasteiger partial charge on any atom is 0.267 e. The molecule has 3 aromatic rings. The average Bonchev–Trinajstić information content (AvgIpc) is 2.75. The van der Waals surface area contributed by atoms with E-state index >= 15 is 0 Å². The molecule has 0 unspecified atom stereocenters. The van der Waals surface area contributed by atoms with Crippen molar-refractivity contribution in [1.29, 1.82) is 0 Å². The van der Waals surface area contributed by atoms with Gasteiger partial charge in [-0.2, -0.15) is 5.10 Å². The molecule has 0 radical (unpaired) electrons. The van der Waals surface area contributed by atoms with Gasteiger partial charge in [0.15, 0.2) is 0 Å². The number of anilines is 1. The van der Waals surface area contributed by atoms with Crippen molar-refractivity contribution in [1.82, 2.24) is 10.2 Å². The SMILES string of the molecule is COc1ccc(-c2n[nH]c(=O)c3c2CCCC3)cc1S(=O)(=O)Nc1ccccc1C. The second kappa shape index (κ2) is 7.95. The minimum absolute atomic E-state index is 0.0170. The number of aromatic amines is 1. The Kier molecular flexibility index (Phi) is 5.34. The van der Waals surface area contributed by atoms with Crippen molar-refractivity contribution in [2.45, 2.75) is 37.5 Å². The van der Waals surface area contributed by atoms with E-state index in [1.165, 1.54) is 7.11 Å². The Morgan fingerprint density at radius 3 is 2.53 bits per heavy atom. The number of fused-ring (bicyclic) bond motifs is 1. The van der Waals surface area contributed by atoms with Crippen molar-refractivity contribution in [3.05, 3.63) is 69.5 Å². The van der Waals surface area contributed by atoms with Crippen molar-refractivity contribution in [2.24, 2.45) is 0 Å². The summed E-state index contributed by atoms with van der Waals surface area (Å²) in [5.41, 5.74) is 4.01. The Labute approximate surface area is 175 Å². The minimum atomic E-state index is -3.91. The maximum atomic E-state index is 13.2. The molecule has 1 aromatic heterocycles. The molecule has 1 heterocycles. The van der Waals surface area contributed by atoms with Gasteiger partial charge in [-0.05, 0) is 68.0 Å². The van der Waals surface area contributed by atoms with Crippen LogP contribution in [0.3, 0.4) is 0 Å². The molecule has 0 saturated carbocycles. The molecular weight excluding hydrogens is 402 g/mol. The Hall–Kier alpha value is -3.13. The summed E-state index contributed by atoms with van der Waals surface area (Å²) >= 11 is 0. The van der Waals surface area contributed by atoms with Crippen LogP contribution in [0.2, 0.25) is 0 Å². The molecule has 2 aromatic carbocycles. The summed E-state index contributed by atoms with van der Waals surface area (Å²) in [6, 6.07) is 12.1. The number of aromatic nitrogens is 2. The van der Waals surface area contributed by atoms with Crippen LogP contribution in [0.15, 0.2) is 52.2 Å². The van der Waals surface area contributed by atoms with Crippen LogP contribution in [0, 0.1) is 6.92 Å². The van der Waals surface area contributed by atoms with Crippen LogP contribution < -0.4 is 15.0 Å². The normalized spacial score (nSPS) is 13.5. The van der Waals surface area contributed by atoms with E-state index in [1.807, 2.05) is 19.1 Å². The number of hydrogen-bond acceptors (Lipinski definition) is 5. The van der Waals surface area contributed by atoms with Crippen molar-refractivity contribution in [2.75, 3.05) is 11.8 Å². The molecule has 156 valence electrons.